The third kappa shape index (κ3) is 5.72. The first-order chi connectivity index (χ1) is 13.7. The average Bonchev–Trinajstić information content (AvgIpc) is 2.75. The van der Waals surface area contributed by atoms with Crippen molar-refractivity contribution >= 4 is 23.5 Å². The molecule has 2 aromatic rings. The Morgan fingerprint density at radius 2 is 2.07 bits per heavy atom. The quantitative estimate of drug-likeness (QED) is 0.704. The van der Waals surface area contributed by atoms with Crippen LogP contribution in [0.3, 0.4) is 0 Å². The SMILES string of the molecule is CCN1CCC(N(CCc2ccccn2)C(=O)Nc2cccc(SC)c2)CC1. The predicted octanol–water partition coefficient (Wildman–Crippen LogP) is 4.36. The zero-order valence-electron chi connectivity index (χ0n) is 16.8. The van der Waals surface area contributed by atoms with Crippen LogP contribution in [0.25, 0.3) is 0 Å². The number of hydrogen-bond donors (Lipinski definition) is 1. The maximum absolute atomic E-state index is 13.2. The Bertz CT molecular complexity index is 747. The number of carbonyl (C=O) groups is 1. The molecular weight excluding hydrogens is 368 g/mol. The van der Waals surface area contributed by atoms with Crippen molar-refractivity contribution < 1.29 is 4.79 Å². The lowest BCUT2D eigenvalue weighted by Gasteiger charge is -2.38. The molecule has 1 saturated heterocycles. The number of anilines is 1. The van der Waals surface area contributed by atoms with Crippen LogP contribution in [0.4, 0.5) is 10.5 Å². The number of hydrogen-bond acceptors (Lipinski definition) is 4. The molecule has 1 aromatic heterocycles. The van der Waals surface area contributed by atoms with Gasteiger partial charge in [-0.1, -0.05) is 19.1 Å². The molecule has 0 unspecified atom stereocenters. The van der Waals surface area contributed by atoms with Crippen LogP contribution in [0.5, 0.6) is 0 Å². The van der Waals surface area contributed by atoms with Crippen LogP contribution in [0.1, 0.15) is 25.5 Å². The number of carbonyl (C=O) groups excluding carboxylic acids is 1. The van der Waals surface area contributed by atoms with Crippen molar-refractivity contribution in [1.29, 1.82) is 0 Å². The summed E-state index contributed by atoms with van der Waals surface area (Å²) in [4.78, 5) is 23.2. The normalized spacial score (nSPS) is 15.4. The van der Waals surface area contributed by atoms with Gasteiger partial charge in [0, 0.05) is 54.6 Å². The lowest BCUT2D eigenvalue weighted by Crippen LogP contribution is -2.49. The second-order valence-electron chi connectivity index (χ2n) is 7.09. The van der Waals surface area contributed by atoms with Gasteiger partial charge < -0.3 is 15.1 Å². The van der Waals surface area contributed by atoms with E-state index in [0.717, 1.165) is 55.2 Å². The molecule has 1 fully saturated rings. The van der Waals surface area contributed by atoms with Gasteiger partial charge in [0.2, 0.25) is 0 Å². The number of urea groups is 1. The predicted molar refractivity (Wildman–Crippen MR) is 117 cm³/mol. The van der Waals surface area contributed by atoms with Crippen molar-refractivity contribution in [2.45, 2.75) is 37.1 Å². The molecule has 1 N–H and O–H groups in total. The number of rotatable bonds is 7. The van der Waals surface area contributed by atoms with Crippen LogP contribution in [0.15, 0.2) is 53.6 Å². The highest BCUT2D eigenvalue weighted by atomic mass is 32.2. The van der Waals surface area contributed by atoms with E-state index in [2.05, 4.69) is 28.2 Å². The van der Waals surface area contributed by atoms with Gasteiger partial charge in [0.05, 0.1) is 0 Å². The molecule has 28 heavy (non-hydrogen) atoms. The minimum atomic E-state index is -0.0101. The zero-order valence-corrected chi connectivity index (χ0v) is 17.6. The van der Waals surface area contributed by atoms with Crippen LogP contribution in [0, 0.1) is 0 Å². The highest BCUT2D eigenvalue weighted by Crippen LogP contribution is 2.21. The van der Waals surface area contributed by atoms with Crippen LogP contribution in [0.2, 0.25) is 0 Å². The molecule has 5 nitrogen and oxygen atoms in total. The number of pyridine rings is 1. The Morgan fingerprint density at radius 1 is 1.25 bits per heavy atom. The van der Waals surface area contributed by atoms with Gasteiger partial charge in [-0.05, 0) is 56.0 Å². The third-order valence-corrected chi connectivity index (χ3v) is 6.09. The van der Waals surface area contributed by atoms with E-state index in [1.54, 1.807) is 11.8 Å². The van der Waals surface area contributed by atoms with E-state index in [-0.39, 0.29) is 12.1 Å². The average molecular weight is 399 g/mol. The fourth-order valence-corrected chi connectivity index (χ4v) is 4.13. The maximum atomic E-state index is 13.2. The first-order valence-electron chi connectivity index (χ1n) is 10.0. The van der Waals surface area contributed by atoms with E-state index in [4.69, 9.17) is 0 Å². The number of aromatic nitrogens is 1. The molecule has 0 saturated carbocycles. The van der Waals surface area contributed by atoms with E-state index in [1.165, 1.54) is 0 Å². The van der Waals surface area contributed by atoms with Gasteiger partial charge in [-0.15, -0.1) is 11.8 Å². The van der Waals surface area contributed by atoms with Gasteiger partial charge >= 0.3 is 6.03 Å². The molecule has 150 valence electrons. The molecule has 0 atom stereocenters. The van der Waals surface area contributed by atoms with E-state index < -0.39 is 0 Å². The van der Waals surface area contributed by atoms with Crippen molar-refractivity contribution in [3.63, 3.8) is 0 Å². The number of nitrogens with zero attached hydrogens (tertiary/aromatic N) is 3. The van der Waals surface area contributed by atoms with Crippen LogP contribution < -0.4 is 5.32 Å². The first kappa shape index (κ1) is 20.7. The molecule has 0 aliphatic carbocycles. The standard InChI is InChI=1S/C22H30N4OS/c1-3-25-14-11-20(12-15-25)26(16-10-18-7-4-5-13-23-18)22(27)24-19-8-6-9-21(17-19)28-2/h4-9,13,17,20H,3,10-12,14-16H2,1-2H3,(H,24,27). The Kier molecular flexibility index (Phi) is 7.74. The molecule has 2 heterocycles. The third-order valence-electron chi connectivity index (χ3n) is 5.36. The summed E-state index contributed by atoms with van der Waals surface area (Å²) in [6, 6.07) is 14.2. The first-order valence-corrected chi connectivity index (χ1v) is 11.3. The summed E-state index contributed by atoms with van der Waals surface area (Å²) in [5.41, 5.74) is 1.88. The minimum Gasteiger partial charge on any atom is -0.321 e. The molecule has 6 heteroatoms. The fraction of sp³-hybridized carbons (Fsp3) is 0.455. The smallest absolute Gasteiger partial charge is 0.321 e. The van der Waals surface area contributed by atoms with Gasteiger partial charge in [-0.25, -0.2) is 4.79 Å². The van der Waals surface area contributed by atoms with Crippen molar-refractivity contribution in [3.8, 4) is 0 Å². The lowest BCUT2D eigenvalue weighted by atomic mass is 10.0. The number of thioether (sulfide) groups is 1. The second-order valence-corrected chi connectivity index (χ2v) is 7.97. The van der Waals surface area contributed by atoms with Gasteiger partial charge in [0.15, 0.2) is 0 Å². The lowest BCUT2D eigenvalue weighted by molar-refractivity contribution is 0.130. The van der Waals surface area contributed by atoms with E-state index in [9.17, 15) is 4.79 Å². The van der Waals surface area contributed by atoms with Gasteiger partial charge in [0.1, 0.15) is 0 Å². The van der Waals surface area contributed by atoms with Crippen LogP contribution >= 0.6 is 11.8 Å². The maximum Gasteiger partial charge on any atom is 0.322 e. The molecule has 1 aromatic carbocycles. The molecule has 2 amide bonds. The highest BCUT2D eigenvalue weighted by Gasteiger charge is 2.27. The Labute approximate surface area is 172 Å². The summed E-state index contributed by atoms with van der Waals surface area (Å²) in [5, 5.41) is 3.12. The van der Waals surface area contributed by atoms with Gasteiger partial charge in [0.25, 0.3) is 0 Å². The number of amides is 2. The van der Waals surface area contributed by atoms with E-state index in [1.807, 2.05) is 53.8 Å². The molecule has 0 bridgehead atoms. The van der Waals surface area contributed by atoms with Crippen molar-refractivity contribution in [2.75, 3.05) is 37.8 Å². The van der Waals surface area contributed by atoms with Gasteiger partial charge in [-0.2, -0.15) is 0 Å². The Hall–Kier alpha value is -2.05. The zero-order chi connectivity index (χ0) is 19.8. The number of piperidine rings is 1. The van der Waals surface area contributed by atoms with Gasteiger partial charge in [-0.3, -0.25) is 4.98 Å². The Balaban J connectivity index is 1.69. The topological polar surface area (TPSA) is 48.5 Å². The fourth-order valence-electron chi connectivity index (χ4n) is 3.67. The largest absolute Gasteiger partial charge is 0.322 e. The number of benzene rings is 1. The highest BCUT2D eigenvalue weighted by molar-refractivity contribution is 7.98. The van der Waals surface area contributed by atoms with Crippen molar-refractivity contribution in [2.24, 2.45) is 0 Å². The molecular formula is C22H30N4OS. The molecule has 1 aliphatic heterocycles. The summed E-state index contributed by atoms with van der Waals surface area (Å²) in [5.74, 6) is 0. The summed E-state index contributed by atoms with van der Waals surface area (Å²) < 4.78 is 0. The molecule has 1 aliphatic rings. The minimum absolute atomic E-state index is 0.0101. The summed E-state index contributed by atoms with van der Waals surface area (Å²) in [7, 11) is 0. The summed E-state index contributed by atoms with van der Waals surface area (Å²) in [6.07, 6.45) is 6.67. The summed E-state index contributed by atoms with van der Waals surface area (Å²) >= 11 is 1.68. The van der Waals surface area contributed by atoms with E-state index >= 15 is 0 Å². The monoisotopic (exact) mass is 398 g/mol. The van der Waals surface area contributed by atoms with Crippen LogP contribution in [-0.4, -0.2) is 59.3 Å². The molecule has 0 spiro atoms. The van der Waals surface area contributed by atoms with Crippen LogP contribution in [-0.2, 0) is 6.42 Å². The second kappa shape index (κ2) is 10.5. The Morgan fingerprint density at radius 3 is 2.75 bits per heavy atom. The van der Waals surface area contributed by atoms with E-state index in [0.29, 0.717) is 6.54 Å². The molecule has 3 rings (SSSR count). The summed E-state index contributed by atoms with van der Waals surface area (Å²) in [6.45, 7) is 6.06. The molecule has 0 radical (unpaired) electrons. The van der Waals surface area contributed by atoms with Crippen molar-refractivity contribution in [1.82, 2.24) is 14.8 Å². The number of likely N-dealkylation sites (tertiary alicyclic amines) is 1. The number of nitrogens with one attached hydrogen (secondary N) is 1. The van der Waals surface area contributed by atoms with Crippen molar-refractivity contribution in [3.05, 3.63) is 54.4 Å².